The standard InChI is InChI=1S/C30H38Br2N2O2S2/c1-5-9-11-19(7-3)17-33-27(21-13-15-23(31)37-21)25-26(29(33)35)28(22-14-16-24(32)38-22)34(30(25)36)18-20(8-4)12-10-6-2/h13-16,19-20H,5-12,17-18H2,1-4H3/t19-,20-/m0/s1. The summed E-state index contributed by atoms with van der Waals surface area (Å²) in [6.07, 6.45) is 8.79. The number of halogens is 2. The second-order valence-electron chi connectivity index (χ2n) is 10.3. The van der Waals surface area contributed by atoms with Gasteiger partial charge in [-0.05, 0) is 80.8 Å². The summed E-state index contributed by atoms with van der Waals surface area (Å²) in [6, 6.07) is 8.11. The maximum absolute atomic E-state index is 14.3. The Bertz CT molecular complexity index is 1130. The molecule has 206 valence electrons. The number of fused-ring (bicyclic) bond motifs is 1. The zero-order chi connectivity index (χ0) is 27.4. The third kappa shape index (κ3) is 6.08. The van der Waals surface area contributed by atoms with Gasteiger partial charge in [0.15, 0.2) is 0 Å². The summed E-state index contributed by atoms with van der Waals surface area (Å²) in [7, 11) is 0. The van der Waals surface area contributed by atoms with Crippen LogP contribution >= 0.6 is 54.5 Å². The molecule has 0 unspecified atom stereocenters. The van der Waals surface area contributed by atoms with E-state index in [4.69, 9.17) is 0 Å². The van der Waals surface area contributed by atoms with Gasteiger partial charge in [-0.1, -0.05) is 66.2 Å². The molecule has 2 aliphatic rings. The van der Waals surface area contributed by atoms with Gasteiger partial charge in [-0.2, -0.15) is 0 Å². The highest BCUT2D eigenvalue weighted by Gasteiger charge is 2.49. The number of hydrogen-bond acceptors (Lipinski definition) is 4. The SMILES string of the molecule is CCCC[C@H](CC)CN1C(=O)C2=C(c3ccc(Br)s3)N(C[C@@H](CC)CCCC)C(=O)C2=C1c1ccc(Br)s1. The Morgan fingerprint density at radius 1 is 0.684 bits per heavy atom. The molecule has 4 nitrogen and oxygen atoms in total. The van der Waals surface area contributed by atoms with Crippen molar-refractivity contribution in [2.24, 2.45) is 11.8 Å². The molecule has 0 aliphatic carbocycles. The maximum atomic E-state index is 14.3. The second-order valence-corrected chi connectivity index (χ2v) is 15.2. The predicted molar refractivity (Wildman–Crippen MR) is 168 cm³/mol. The highest BCUT2D eigenvalue weighted by molar-refractivity contribution is 9.11. The number of nitrogens with zero attached hydrogens (tertiary/aromatic N) is 2. The summed E-state index contributed by atoms with van der Waals surface area (Å²) >= 11 is 10.4. The normalized spacial score (nSPS) is 17.3. The molecule has 0 saturated heterocycles. The van der Waals surface area contributed by atoms with Crippen LogP contribution in [0.15, 0.2) is 43.0 Å². The Hall–Kier alpha value is -1.22. The predicted octanol–water partition coefficient (Wildman–Crippen LogP) is 9.57. The summed E-state index contributed by atoms with van der Waals surface area (Å²) in [5, 5.41) is 0. The topological polar surface area (TPSA) is 40.6 Å². The molecule has 4 rings (SSSR count). The van der Waals surface area contributed by atoms with Crippen LogP contribution in [0.25, 0.3) is 11.4 Å². The van der Waals surface area contributed by atoms with Crippen LogP contribution in [0.4, 0.5) is 0 Å². The molecule has 0 aromatic carbocycles. The molecule has 8 heteroatoms. The molecule has 0 spiro atoms. The van der Waals surface area contributed by atoms with Crippen LogP contribution in [-0.4, -0.2) is 34.7 Å². The number of carbonyl (C=O) groups excluding carboxylic acids is 2. The summed E-state index contributed by atoms with van der Waals surface area (Å²) < 4.78 is 2.00. The fraction of sp³-hybridized carbons (Fsp3) is 0.533. The van der Waals surface area contributed by atoms with Crippen molar-refractivity contribution < 1.29 is 9.59 Å². The fourth-order valence-electron chi connectivity index (χ4n) is 5.49. The van der Waals surface area contributed by atoms with Crippen LogP contribution in [0.1, 0.15) is 88.8 Å². The third-order valence-corrected chi connectivity index (χ3v) is 11.0. The van der Waals surface area contributed by atoms with Gasteiger partial charge in [0.2, 0.25) is 0 Å². The largest absolute Gasteiger partial charge is 0.306 e. The van der Waals surface area contributed by atoms with Crippen molar-refractivity contribution in [3.63, 3.8) is 0 Å². The minimum atomic E-state index is -0.0218. The number of hydrogen-bond donors (Lipinski definition) is 0. The number of amides is 2. The van der Waals surface area contributed by atoms with E-state index in [1.54, 1.807) is 22.7 Å². The van der Waals surface area contributed by atoms with Gasteiger partial charge in [0.05, 0.1) is 39.9 Å². The smallest absolute Gasteiger partial charge is 0.261 e. The lowest BCUT2D eigenvalue weighted by molar-refractivity contribution is -0.124. The lowest BCUT2D eigenvalue weighted by atomic mass is 9.98. The van der Waals surface area contributed by atoms with E-state index in [0.717, 1.165) is 80.1 Å². The Kier molecular flexibility index (Phi) is 10.5. The van der Waals surface area contributed by atoms with Gasteiger partial charge in [-0.25, -0.2) is 0 Å². The van der Waals surface area contributed by atoms with E-state index in [1.165, 1.54) is 0 Å². The van der Waals surface area contributed by atoms with Gasteiger partial charge in [-0.3, -0.25) is 9.59 Å². The van der Waals surface area contributed by atoms with E-state index in [2.05, 4.69) is 59.6 Å². The van der Waals surface area contributed by atoms with Gasteiger partial charge in [0, 0.05) is 13.1 Å². The minimum Gasteiger partial charge on any atom is -0.306 e. The third-order valence-electron chi connectivity index (χ3n) is 7.76. The van der Waals surface area contributed by atoms with Crippen LogP contribution in [0.2, 0.25) is 0 Å². The first-order valence-corrected chi connectivity index (χ1v) is 17.2. The first-order chi connectivity index (χ1) is 18.3. The molecule has 0 N–H and O–H groups in total. The van der Waals surface area contributed by atoms with E-state index in [-0.39, 0.29) is 11.8 Å². The highest BCUT2D eigenvalue weighted by Crippen LogP contribution is 2.50. The summed E-state index contributed by atoms with van der Waals surface area (Å²) in [6.45, 7) is 10.1. The van der Waals surface area contributed by atoms with Crippen molar-refractivity contribution in [2.75, 3.05) is 13.1 Å². The molecule has 0 fully saturated rings. The summed E-state index contributed by atoms with van der Waals surface area (Å²) in [5.74, 6) is 0.765. The summed E-state index contributed by atoms with van der Waals surface area (Å²) in [5.41, 5.74) is 2.80. The zero-order valence-electron chi connectivity index (χ0n) is 22.8. The molecular weight excluding hydrogens is 644 g/mol. The van der Waals surface area contributed by atoms with Crippen molar-refractivity contribution in [1.29, 1.82) is 0 Å². The van der Waals surface area contributed by atoms with Gasteiger partial charge >= 0.3 is 0 Å². The first kappa shape index (κ1) is 29.8. The van der Waals surface area contributed by atoms with E-state index < -0.39 is 0 Å². The molecule has 0 bridgehead atoms. The lowest BCUT2D eigenvalue weighted by Crippen LogP contribution is -2.34. The molecular formula is C30H38Br2N2O2S2. The number of carbonyl (C=O) groups is 2. The van der Waals surface area contributed by atoms with E-state index in [9.17, 15) is 9.59 Å². The van der Waals surface area contributed by atoms with E-state index in [1.807, 2.05) is 34.1 Å². The molecule has 0 saturated carbocycles. The monoisotopic (exact) mass is 680 g/mol. The van der Waals surface area contributed by atoms with Gasteiger partial charge in [-0.15, -0.1) is 22.7 Å². The van der Waals surface area contributed by atoms with Crippen LogP contribution in [0.3, 0.4) is 0 Å². The average Bonchev–Trinajstić information content (AvgIpc) is 3.66. The molecule has 2 aromatic heterocycles. The van der Waals surface area contributed by atoms with E-state index >= 15 is 0 Å². The second kappa shape index (κ2) is 13.4. The number of thiophene rings is 2. The van der Waals surface area contributed by atoms with Crippen LogP contribution in [-0.2, 0) is 9.59 Å². The molecule has 2 aromatic rings. The minimum absolute atomic E-state index is 0.0218. The van der Waals surface area contributed by atoms with Crippen LogP contribution < -0.4 is 0 Å². The molecule has 4 heterocycles. The fourth-order valence-corrected chi connectivity index (χ4v) is 8.38. The Labute approximate surface area is 252 Å². The average molecular weight is 683 g/mol. The molecule has 2 amide bonds. The zero-order valence-corrected chi connectivity index (χ0v) is 27.6. The molecule has 2 aliphatic heterocycles. The van der Waals surface area contributed by atoms with Crippen molar-refractivity contribution in [3.05, 3.63) is 52.7 Å². The molecule has 0 radical (unpaired) electrons. The Balaban J connectivity index is 1.86. The summed E-state index contributed by atoms with van der Waals surface area (Å²) in [4.78, 5) is 34.5. The van der Waals surface area contributed by atoms with Crippen molar-refractivity contribution >= 4 is 77.7 Å². The Morgan fingerprint density at radius 2 is 1.08 bits per heavy atom. The van der Waals surface area contributed by atoms with E-state index in [0.29, 0.717) is 36.1 Å². The van der Waals surface area contributed by atoms with Crippen molar-refractivity contribution in [2.45, 2.75) is 79.1 Å². The van der Waals surface area contributed by atoms with Crippen LogP contribution in [0, 0.1) is 11.8 Å². The van der Waals surface area contributed by atoms with Gasteiger partial charge in [0.25, 0.3) is 11.8 Å². The molecule has 38 heavy (non-hydrogen) atoms. The van der Waals surface area contributed by atoms with Gasteiger partial charge in [0.1, 0.15) is 0 Å². The molecule has 2 atom stereocenters. The maximum Gasteiger partial charge on any atom is 0.261 e. The first-order valence-electron chi connectivity index (χ1n) is 14.0. The number of rotatable bonds is 14. The lowest BCUT2D eigenvalue weighted by Gasteiger charge is -2.29. The quantitative estimate of drug-likeness (QED) is 0.199. The number of unbranched alkanes of at least 4 members (excludes halogenated alkanes) is 2. The highest BCUT2D eigenvalue weighted by atomic mass is 79.9. The van der Waals surface area contributed by atoms with Gasteiger partial charge < -0.3 is 9.80 Å². The van der Waals surface area contributed by atoms with Crippen LogP contribution in [0.5, 0.6) is 0 Å². The Morgan fingerprint density at radius 3 is 1.37 bits per heavy atom. The van der Waals surface area contributed by atoms with Crippen molar-refractivity contribution in [1.82, 2.24) is 9.80 Å². The van der Waals surface area contributed by atoms with Crippen molar-refractivity contribution in [3.8, 4) is 0 Å².